The molecule has 114 valence electrons. The van der Waals surface area contributed by atoms with Crippen LogP contribution in [-0.4, -0.2) is 12.5 Å². The number of fused-ring (bicyclic) bond motifs is 1. The fourth-order valence-corrected chi connectivity index (χ4v) is 2.82. The molecule has 0 atom stereocenters. The van der Waals surface area contributed by atoms with Gasteiger partial charge in [0.2, 0.25) is 5.91 Å². The van der Waals surface area contributed by atoms with Crippen molar-refractivity contribution >= 4 is 11.6 Å². The van der Waals surface area contributed by atoms with Gasteiger partial charge in [-0.25, -0.2) is 0 Å². The predicted molar refractivity (Wildman–Crippen MR) is 87.0 cm³/mol. The molecule has 2 rings (SSSR count). The molecule has 3 nitrogen and oxygen atoms in total. The number of unbranched alkanes of at least 4 members (excludes halogenated alkanes) is 2. The van der Waals surface area contributed by atoms with Crippen LogP contribution >= 0.6 is 0 Å². The first-order valence-corrected chi connectivity index (χ1v) is 7.73. The van der Waals surface area contributed by atoms with Crippen LogP contribution < -0.4 is 10.1 Å². The van der Waals surface area contributed by atoms with Crippen LogP contribution in [-0.2, 0) is 16.6 Å². The van der Waals surface area contributed by atoms with Gasteiger partial charge >= 0.3 is 0 Å². The second-order valence-corrected chi connectivity index (χ2v) is 6.11. The molecule has 0 saturated heterocycles. The fourth-order valence-electron chi connectivity index (χ4n) is 2.82. The van der Waals surface area contributed by atoms with E-state index in [9.17, 15) is 4.79 Å². The van der Waals surface area contributed by atoms with E-state index in [-0.39, 0.29) is 5.91 Å². The van der Waals surface area contributed by atoms with Crippen LogP contribution in [0.25, 0.3) is 0 Å². The van der Waals surface area contributed by atoms with Crippen LogP contribution in [0.4, 0.5) is 5.69 Å². The van der Waals surface area contributed by atoms with E-state index in [0.29, 0.717) is 6.61 Å². The van der Waals surface area contributed by atoms with Gasteiger partial charge in [-0.15, -0.1) is 0 Å². The molecule has 1 aromatic rings. The Morgan fingerprint density at radius 2 is 2.10 bits per heavy atom. The van der Waals surface area contributed by atoms with Gasteiger partial charge in [-0.3, -0.25) is 4.79 Å². The summed E-state index contributed by atoms with van der Waals surface area (Å²) in [5, 5.41) is 3.06. The van der Waals surface area contributed by atoms with E-state index < -0.39 is 5.41 Å². The van der Waals surface area contributed by atoms with Crippen molar-refractivity contribution in [1.82, 2.24) is 0 Å². The number of ether oxygens (including phenoxy) is 1. The molecular weight excluding hydrogens is 262 g/mol. The van der Waals surface area contributed by atoms with E-state index in [0.717, 1.165) is 29.8 Å². The maximum Gasteiger partial charge on any atom is 0.234 e. The lowest BCUT2D eigenvalue weighted by Gasteiger charge is -2.20. The molecule has 1 aliphatic heterocycles. The Balaban J connectivity index is 2.39. The highest BCUT2D eigenvalue weighted by Crippen LogP contribution is 2.45. The molecule has 0 aliphatic carbocycles. The normalized spacial score (nSPS) is 15.5. The quantitative estimate of drug-likeness (QED) is 0.602. The van der Waals surface area contributed by atoms with Crippen molar-refractivity contribution in [2.24, 2.45) is 0 Å². The Hall–Kier alpha value is -1.77. The SMILES string of the molecule is C=CCOc1ccc(CCCCC)c2c1C(C)(C)C(=O)N2. The molecule has 0 fully saturated rings. The lowest BCUT2D eigenvalue weighted by atomic mass is 9.84. The van der Waals surface area contributed by atoms with Crippen molar-refractivity contribution in [2.45, 2.75) is 51.9 Å². The average Bonchev–Trinajstić information content (AvgIpc) is 2.69. The second kappa shape index (κ2) is 6.33. The summed E-state index contributed by atoms with van der Waals surface area (Å²) in [5.74, 6) is 0.830. The number of benzene rings is 1. The third-order valence-corrected chi connectivity index (χ3v) is 4.09. The van der Waals surface area contributed by atoms with E-state index in [4.69, 9.17) is 4.74 Å². The largest absolute Gasteiger partial charge is 0.489 e. The third kappa shape index (κ3) is 2.97. The van der Waals surface area contributed by atoms with Crippen molar-refractivity contribution < 1.29 is 9.53 Å². The Bertz CT molecular complexity index is 546. The highest BCUT2D eigenvalue weighted by atomic mass is 16.5. The first-order chi connectivity index (χ1) is 10.0. The maximum atomic E-state index is 12.3. The van der Waals surface area contributed by atoms with Crippen molar-refractivity contribution in [3.8, 4) is 5.75 Å². The summed E-state index contributed by atoms with van der Waals surface area (Å²) in [7, 11) is 0. The first-order valence-electron chi connectivity index (χ1n) is 7.73. The standard InChI is InChI=1S/C18H25NO2/c1-5-7-8-9-13-10-11-14(21-12-6-2)15-16(13)19-17(20)18(15,3)4/h6,10-11H,2,5,7-9,12H2,1,3-4H3,(H,19,20). The zero-order chi connectivity index (χ0) is 15.5. The molecule has 0 unspecified atom stereocenters. The molecule has 0 saturated carbocycles. The number of hydrogen-bond donors (Lipinski definition) is 1. The van der Waals surface area contributed by atoms with Gasteiger partial charge in [-0.1, -0.05) is 38.5 Å². The molecule has 0 spiro atoms. The van der Waals surface area contributed by atoms with Gasteiger partial charge < -0.3 is 10.1 Å². The number of hydrogen-bond acceptors (Lipinski definition) is 2. The minimum absolute atomic E-state index is 0.0453. The number of rotatable bonds is 7. The highest BCUT2D eigenvalue weighted by molar-refractivity contribution is 6.07. The van der Waals surface area contributed by atoms with Crippen LogP contribution in [0.15, 0.2) is 24.8 Å². The molecule has 0 aromatic heterocycles. The molecule has 0 radical (unpaired) electrons. The molecule has 1 N–H and O–H groups in total. The van der Waals surface area contributed by atoms with Gasteiger partial charge in [0, 0.05) is 5.56 Å². The summed E-state index contributed by atoms with van der Waals surface area (Å²) >= 11 is 0. The summed E-state index contributed by atoms with van der Waals surface area (Å²) in [6.45, 7) is 10.2. The second-order valence-electron chi connectivity index (χ2n) is 6.11. The van der Waals surface area contributed by atoms with Crippen LogP contribution in [0.2, 0.25) is 0 Å². The predicted octanol–water partition coefficient (Wildman–Crippen LogP) is 4.21. The summed E-state index contributed by atoms with van der Waals surface area (Å²) in [4.78, 5) is 12.3. The van der Waals surface area contributed by atoms with Gasteiger partial charge in [0.05, 0.1) is 11.1 Å². The topological polar surface area (TPSA) is 38.3 Å². The Morgan fingerprint density at radius 1 is 1.33 bits per heavy atom. The Kier molecular flexibility index (Phi) is 4.71. The lowest BCUT2D eigenvalue weighted by Crippen LogP contribution is -2.27. The number of carbonyl (C=O) groups excluding carboxylic acids is 1. The minimum Gasteiger partial charge on any atom is -0.489 e. The summed E-state index contributed by atoms with van der Waals surface area (Å²) in [6, 6.07) is 4.07. The number of nitrogens with one attached hydrogen (secondary N) is 1. The minimum atomic E-state index is -0.549. The zero-order valence-electron chi connectivity index (χ0n) is 13.3. The van der Waals surface area contributed by atoms with Crippen LogP contribution in [0.5, 0.6) is 5.75 Å². The molecule has 3 heteroatoms. The lowest BCUT2D eigenvalue weighted by molar-refractivity contribution is -0.119. The van der Waals surface area contributed by atoms with Gasteiger partial charge in [-0.05, 0) is 38.3 Å². The Labute approximate surface area is 127 Å². The van der Waals surface area contributed by atoms with E-state index >= 15 is 0 Å². The maximum absolute atomic E-state index is 12.3. The van der Waals surface area contributed by atoms with Crippen molar-refractivity contribution in [3.63, 3.8) is 0 Å². The number of amides is 1. The average molecular weight is 287 g/mol. The number of aryl methyl sites for hydroxylation is 1. The Morgan fingerprint density at radius 3 is 2.76 bits per heavy atom. The molecule has 1 aromatic carbocycles. The van der Waals surface area contributed by atoms with Gasteiger partial charge in [0.1, 0.15) is 12.4 Å². The molecule has 1 amide bonds. The van der Waals surface area contributed by atoms with E-state index in [1.165, 1.54) is 18.4 Å². The molecule has 0 bridgehead atoms. The van der Waals surface area contributed by atoms with Gasteiger partial charge in [0.25, 0.3) is 0 Å². The van der Waals surface area contributed by atoms with Crippen LogP contribution in [0.3, 0.4) is 0 Å². The highest BCUT2D eigenvalue weighted by Gasteiger charge is 2.42. The van der Waals surface area contributed by atoms with E-state index in [2.05, 4.69) is 24.9 Å². The first kappa shape index (κ1) is 15.6. The summed E-state index contributed by atoms with van der Waals surface area (Å²) in [6.07, 6.45) is 6.26. The smallest absolute Gasteiger partial charge is 0.234 e. The summed E-state index contributed by atoms with van der Waals surface area (Å²) < 4.78 is 5.75. The van der Waals surface area contributed by atoms with Crippen LogP contribution in [0.1, 0.15) is 51.2 Å². The van der Waals surface area contributed by atoms with Gasteiger partial charge in [0.15, 0.2) is 0 Å². The van der Waals surface area contributed by atoms with Crippen LogP contribution in [0, 0.1) is 0 Å². The molecule has 1 aliphatic rings. The van der Waals surface area contributed by atoms with E-state index in [1.54, 1.807) is 6.08 Å². The molecular formula is C18H25NO2. The van der Waals surface area contributed by atoms with Crippen molar-refractivity contribution in [1.29, 1.82) is 0 Å². The number of anilines is 1. The van der Waals surface area contributed by atoms with Gasteiger partial charge in [-0.2, -0.15) is 0 Å². The fraction of sp³-hybridized carbons (Fsp3) is 0.500. The van der Waals surface area contributed by atoms with Crippen molar-refractivity contribution in [2.75, 3.05) is 11.9 Å². The number of carbonyl (C=O) groups is 1. The molecule has 21 heavy (non-hydrogen) atoms. The summed E-state index contributed by atoms with van der Waals surface area (Å²) in [5.41, 5.74) is 2.61. The zero-order valence-corrected chi connectivity index (χ0v) is 13.3. The monoisotopic (exact) mass is 287 g/mol. The van der Waals surface area contributed by atoms with Crippen molar-refractivity contribution in [3.05, 3.63) is 35.9 Å². The molecule has 1 heterocycles. The third-order valence-electron chi connectivity index (χ3n) is 4.09. The van der Waals surface area contributed by atoms with E-state index in [1.807, 2.05) is 19.9 Å².